The van der Waals surface area contributed by atoms with E-state index in [1.807, 2.05) is 36.4 Å². The van der Waals surface area contributed by atoms with Gasteiger partial charge >= 0.3 is 0 Å². The Morgan fingerprint density at radius 2 is 1.56 bits per heavy atom. The van der Waals surface area contributed by atoms with E-state index in [0.717, 1.165) is 24.1 Å². The summed E-state index contributed by atoms with van der Waals surface area (Å²) in [6, 6.07) is 15.3. The molecule has 0 unspecified atom stereocenters. The zero-order valence-corrected chi connectivity index (χ0v) is 9.06. The first-order chi connectivity index (χ1) is 7.74. The summed E-state index contributed by atoms with van der Waals surface area (Å²) in [5.74, 6) is 0.329. The van der Waals surface area contributed by atoms with Crippen LogP contribution in [0.25, 0.3) is 0 Å². The lowest BCUT2D eigenvalue weighted by molar-refractivity contribution is 0.474. The molecule has 0 aliphatic heterocycles. The molecule has 0 saturated carbocycles. The Morgan fingerprint density at radius 3 is 2.25 bits per heavy atom. The van der Waals surface area contributed by atoms with Crippen LogP contribution in [-0.4, -0.2) is 5.11 Å². The molecule has 0 aliphatic carbocycles. The minimum atomic E-state index is 0.329. The van der Waals surface area contributed by atoms with Gasteiger partial charge in [0.25, 0.3) is 0 Å². The van der Waals surface area contributed by atoms with E-state index in [1.165, 1.54) is 5.56 Å². The molecule has 0 aliphatic rings. The van der Waals surface area contributed by atoms with Gasteiger partial charge in [-0.05, 0) is 48.2 Å². The fraction of sp³-hybridized carbons (Fsp3) is 0.143. The molecule has 2 aromatic carbocycles. The molecule has 0 aromatic heterocycles. The first-order valence-corrected chi connectivity index (χ1v) is 5.36. The molecule has 2 heteroatoms. The fourth-order valence-electron chi connectivity index (χ4n) is 1.68. The predicted molar refractivity (Wildman–Crippen MR) is 66.4 cm³/mol. The van der Waals surface area contributed by atoms with Gasteiger partial charge in [-0.15, -0.1) is 0 Å². The Hall–Kier alpha value is -1.96. The molecule has 0 saturated heterocycles. The molecule has 0 fully saturated rings. The van der Waals surface area contributed by atoms with Crippen molar-refractivity contribution in [3.63, 3.8) is 0 Å². The molecule has 0 radical (unpaired) electrons. The van der Waals surface area contributed by atoms with E-state index in [4.69, 9.17) is 5.73 Å². The largest absolute Gasteiger partial charge is 0.508 e. The van der Waals surface area contributed by atoms with Gasteiger partial charge in [0.15, 0.2) is 0 Å². The number of hydrogen-bond donors (Lipinski definition) is 2. The molecule has 3 N–H and O–H groups in total. The van der Waals surface area contributed by atoms with Gasteiger partial charge in [-0.25, -0.2) is 0 Å². The summed E-state index contributed by atoms with van der Waals surface area (Å²) in [6.07, 6.45) is 1.89. The summed E-state index contributed by atoms with van der Waals surface area (Å²) in [5.41, 5.74) is 8.82. The van der Waals surface area contributed by atoms with Crippen LogP contribution in [0.2, 0.25) is 0 Å². The zero-order chi connectivity index (χ0) is 11.4. The van der Waals surface area contributed by atoms with Crippen LogP contribution in [0.3, 0.4) is 0 Å². The second kappa shape index (κ2) is 4.71. The molecule has 16 heavy (non-hydrogen) atoms. The van der Waals surface area contributed by atoms with Gasteiger partial charge in [-0.3, -0.25) is 0 Å². The van der Waals surface area contributed by atoms with E-state index in [9.17, 15) is 5.11 Å². The highest BCUT2D eigenvalue weighted by atomic mass is 16.3. The smallest absolute Gasteiger partial charge is 0.115 e. The first kappa shape index (κ1) is 10.6. The number of anilines is 1. The van der Waals surface area contributed by atoms with Crippen molar-refractivity contribution in [2.45, 2.75) is 12.8 Å². The molecule has 0 heterocycles. The van der Waals surface area contributed by atoms with Gasteiger partial charge in [0.1, 0.15) is 5.75 Å². The Bertz CT molecular complexity index is 462. The maximum Gasteiger partial charge on any atom is 0.115 e. The number of phenols is 1. The van der Waals surface area contributed by atoms with E-state index in [-0.39, 0.29) is 0 Å². The van der Waals surface area contributed by atoms with Crippen molar-refractivity contribution in [3.8, 4) is 5.75 Å². The average molecular weight is 213 g/mol. The Balaban J connectivity index is 1.99. The van der Waals surface area contributed by atoms with Crippen molar-refractivity contribution in [3.05, 3.63) is 59.7 Å². The molecule has 2 aromatic rings. The van der Waals surface area contributed by atoms with Crippen molar-refractivity contribution >= 4 is 5.69 Å². The molecule has 0 spiro atoms. The average Bonchev–Trinajstić information content (AvgIpc) is 2.28. The van der Waals surface area contributed by atoms with Crippen molar-refractivity contribution in [2.75, 3.05) is 5.73 Å². The van der Waals surface area contributed by atoms with Gasteiger partial charge in [0, 0.05) is 5.69 Å². The molecule has 0 atom stereocenters. The molecule has 2 nitrogen and oxygen atoms in total. The highest BCUT2D eigenvalue weighted by molar-refractivity contribution is 5.39. The Morgan fingerprint density at radius 1 is 0.875 bits per heavy atom. The monoisotopic (exact) mass is 213 g/mol. The van der Waals surface area contributed by atoms with Gasteiger partial charge < -0.3 is 10.8 Å². The fourth-order valence-corrected chi connectivity index (χ4v) is 1.68. The van der Waals surface area contributed by atoms with Crippen LogP contribution in [0.1, 0.15) is 11.1 Å². The lowest BCUT2D eigenvalue weighted by atomic mass is 10.0. The van der Waals surface area contributed by atoms with Crippen LogP contribution < -0.4 is 5.73 Å². The lowest BCUT2D eigenvalue weighted by Gasteiger charge is -2.03. The summed E-state index contributed by atoms with van der Waals surface area (Å²) < 4.78 is 0. The third-order valence-electron chi connectivity index (χ3n) is 2.59. The normalized spacial score (nSPS) is 10.2. The Labute approximate surface area is 95.4 Å². The summed E-state index contributed by atoms with van der Waals surface area (Å²) in [5, 5.41) is 9.33. The SMILES string of the molecule is Nc1ccc(CCc2cccc(O)c2)cc1. The molecule has 0 amide bonds. The molecule has 0 bridgehead atoms. The van der Waals surface area contributed by atoms with E-state index in [1.54, 1.807) is 12.1 Å². The highest BCUT2D eigenvalue weighted by Gasteiger charge is 1.97. The zero-order valence-electron chi connectivity index (χ0n) is 9.06. The van der Waals surface area contributed by atoms with Crippen LogP contribution in [-0.2, 0) is 12.8 Å². The maximum atomic E-state index is 9.33. The Kier molecular flexibility index (Phi) is 3.10. The van der Waals surface area contributed by atoms with Crippen LogP contribution >= 0.6 is 0 Å². The number of benzene rings is 2. The highest BCUT2D eigenvalue weighted by Crippen LogP contribution is 2.14. The van der Waals surface area contributed by atoms with Gasteiger partial charge in [-0.1, -0.05) is 24.3 Å². The standard InChI is InChI=1S/C14H15NO/c15-13-8-6-11(7-9-13)4-5-12-2-1-3-14(16)10-12/h1-3,6-10,16H,4-5,15H2. The van der Waals surface area contributed by atoms with Crippen molar-refractivity contribution in [2.24, 2.45) is 0 Å². The lowest BCUT2D eigenvalue weighted by Crippen LogP contribution is -1.92. The number of rotatable bonds is 3. The minimum Gasteiger partial charge on any atom is -0.508 e. The summed E-state index contributed by atoms with van der Waals surface area (Å²) >= 11 is 0. The number of hydrogen-bond acceptors (Lipinski definition) is 2. The van der Waals surface area contributed by atoms with Crippen LogP contribution in [0.4, 0.5) is 5.69 Å². The quantitative estimate of drug-likeness (QED) is 0.770. The summed E-state index contributed by atoms with van der Waals surface area (Å²) in [6.45, 7) is 0. The number of nitrogens with two attached hydrogens (primary N) is 1. The van der Waals surface area contributed by atoms with Gasteiger partial charge in [-0.2, -0.15) is 0 Å². The molecule has 82 valence electrons. The second-order valence-electron chi connectivity index (χ2n) is 3.91. The van der Waals surface area contributed by atoms with E-state index in [0.29, 0.717) is 5.75 Å². The van der Waals surface area contributed by atoms with E-state index in [2.05, 4.69) is 0 Å². The molecular weight excluding hydrogens is 198 g/mol. The predicted octanol–water partition coefficient (Wildman–Crippen LogP) is 2.76. The van der Waals surface area contributed by atoms with Crippen LogP contribution in [0.5, 0.6) is 5.75 Å². The van der Waals surface area contributed by atoms with Crippen molar-refractivity contribution in [1.29, 1.82) is 0 Å². The van der Waals surface area contributed by atoms with Crippen molar-refractivity contribution in [1.82, 2.24) is 0 Å². The molecular formula is C14H15NO. The van der Waals surface area contributed by atoms with E-state index < -0.39 is 0 Å². The first-order valence-electron chi connectivity index (χ1n) is 5.36. The second-order valence-corrected chi connectivity index (χ2v) is 3.91. The molecule has 2 rings (SSSR count). The summed E-state index contributed by atoms with van der Waals surface area (Å²) in [4.78, 5) is 0. The van der Waals surface area contributed by atoms with Gasteiger partial charge in [0.2, 0.25) is 0 Å². The number of phenolic OH excluding ortho intramolecular Hbond substituents is 1. The van der Waals surface area contributed by atoms with E-state index >= 15 is 0 Å². The third kappa shape index (κ3) is 2.76. The maximum absolute atomic E-state index is 9.33. The topological polar surface area (TPSA) is 46.2 Å². The number of aryl methyl sites for hydroxylation is 2. The van der Waals surface area contributed by atoms with Crippen LogP contribution in [0.15, 0.2) is 48.5 Å². The summed E-state index contributed by atoms with van der Waals surface area (Å²) in [7, 11) is 0. The van der Waals surface area contributed by atoms with Crippen LogP contribution in [0, 0.1) is 0 Å². The van der Waals surface area contributed by atoms with Crippen molar-refractivity contribution < 1.29 is 5.11 Å². The number of aromatic hydroxyl groups is 1. The minimum absolute atomic E-state index is 0.329. The number of nitrogen functional groups attached to an aromatic ring is 1. The third-order valence-corrected chi connectivity index (χ3v) is 2.59. The van der Waals surface area contributed by atoms with Gasteiger partial charge in [0.05, 0.1) is 0 Å².